The number of H-pyrrole nitrogens is 1. The van der Waals surface area contributed by atoms with E-state index in [1.165, 1.54) is 0 Å². The highest BCUT2D eigenvalue weighted by Crippen LogP contribution is 2.21. The van der Waals surface area contributed by atoms with Gasteiger partial charge in [-0.15, -0.1) is 0 Å². The van der Waals surface area contributed by atoms with Gasteiger partial charge in [0.05, 0.1) is 23.7 Å². The summed E-state index contributed by atoms with van der Waals surface area (Å²) < 4.78 is 5.46. The molecule has 0 saturated carbocycles. The molecule has 1 aliphatic heterocycles. The van der Waals surface area contributed by atoms with Gasteiger partial charge in [-0.2, -0.15) is 0 Å². The summed E-state index contributed by atoms with van der Waals surface area (Å²) in [6.07, 6.45) is 2.41. The molecule has 0 aliphatic carbocycles. The van der Waals surface area contributed by atoms with E-state index in [0.717, 1.165) is 42.8 Å². The van der Waals surface area contributed by atoms with E-state index < -0.39 is 0 Å². The van der Waals surface area contributed by atoms with E-state index in [2.05, 4.69) is 20.9 Å². The normalized spacial score (nSPS) is 24.3. The Hall–Kier alpha value is -1.43. The van der Waals surface area contributed by atoms with Crippen molar-refractivity contribution < 1.29 is 4.74 Å². The number of ether oxygens (including phenoxy) is 1. The first-order valence-corrected chi connectivity index (χ1v) is 7.20. The zero-order chi connectivity index (χ0) is 13.9. The smallest absolute Gasteiger partial charge is 0.121 e. The number of nitrogens with zero attached hydrogens (tertiary/aromatic N) is 2. The van der Waals surface area contributed by atoms with Gasteiger partial charge < -0.3 is 15.5 Å². The molecule has 2 heterocycles. The topological polar surface area (TPSA) is 67.2 Å². The number of hydrogen-bond donors (Lipinski definition) is 2. The van der Waals surface area contributed by atoms with Crippen molar-refractivity contribution in [3.05, 3.63) is 30.1 Å². The van der Waals surface area contributed by atoms with Gasteiger partial charge in [-0.1, -0.05) is 12.1 Å². The summed E-state index contributed by atoms with van der Waals surface area (Å²) in [4.78, 5) is 10.4. The molecule has 5 nitrogen and oxygen atoms in total. The number of para-hydroxylation sites is 2. The number of aromatic nitrogens is 2. The lowest BCUT2D eigenvalue weighted by molar-refractivity contribution is 0.00942. The molecule has 1 aromatic carbocycles. The van der Waals surface area contributed by atoms with Crippen LogP contribution >= 0.6 is 0 Å². The summed E-state index contributed by atoms with van der Waals surface area (Å²) >= 11 is 0. The second-order valence-corrected chi connectivity index (χ2v) is 5.44. The van der Waals surface area contributed by atoms with E-state index in [-0.39, 0.29) is 0 Å². The lowest BCUT2D eigenvalue weighted by atomic mass is 9.99. The molecule has 1 aromatic heterocycles. The average Bonchev–Trinajstić information content (AvgIpc) is 2.90. The van der Waals surface area contributed by atoms with Crippen LogP contribution in [0.2, 0.25) is 0 Å². The van der Waals surface area contributed by atoms with Crippen molar-refractivity contribution in [1.82, 2.24) is 14.9 Å². The predicted octanol–water partition coefficient (Wildman–Crippen LogP) is 1.50. The molecular formula is C15H22N4O. The zero-order valence-electron chi connectivity index (χ0n) is 11.9. The average molecular weight is 274 g/mol. The highest BCUT2D eigenvalue weighted by Gasteiger charge is 2.27. The van der Waals surface area contributed by atoms with Gasteiger partial charge in [0, 0.05) is 26.2 Å². The molecule has 3 N–H and O–H groups in total. The first-order chi connectivity index (χ1) is 9.80. The maximum atomic E-state index is 5.91. The van der Waals surface area contributed by atoms with Crippen LogP contribution in [0.4, 0.5) is 0 Å². The number of likely N-dealkylation sites (tertiary alicyclic amines) is 1. The van der Waals surface area contributed by atoms with E-state index in [1.807, 2.05) is 18.2 Å². The van der Waals surface area contributed by atoms with E-state index in [0.29, 0.717) is 18.7 Å². The SMILES string of the molecule is COC1CCN(Cc2nc3ccccc3[nH]2)C(CN)C1. The van der Waals surface area contributed by atoms with Crippen LogP contribution in [0, 0.1) is 0 Å². The molecule has 1 fully saturated rings. The summed E-state index contributed by atoms with van der Waals surface area (Å²) in [7, 11) is 1.78. The Labute approximate surface area is 119 Å². The molecule has 2 atom stereocenters. The Balaban J connectivity index is 1.73. The van der Waals surface area contributed by atoms with Crippen LogP contribution in [0.15, 0.2) is 24.3 Å². The number of methoxy groups -OCH3 is 1. The molecule has 1 aliphatic rings. The summed E-state index contributed by atoms with van der Waals surface area (Å²) in [5.74, 6) is 1.01. The summed E-state index contributed by atoms with van der Waals surface area (Å²) in [5, 5.41) is 0. The Morgan fingerprint density at radius 1 is 1.45 bits per heavy atom. The number of nitrogens with two attached hydrogens (primary N) is 1. The quantitative estimate of drug-likeness (QED) is 0.886. The minimum atomic E-state index is 0.343. The predicted molar refractivity (Wildman–Crippen MR) is 79.4 cm³/mol. The maximum Gasteiger partial charge on any atom is 0.121 e. The third-order valence-electron chi connectivity index (χ3n) is 4.19. The highest BCUT2D eigenvalue weighted by molar-refractivity contribution is 5.74. The lowest BCUT2D eigenvalue weighted by Gasteiger charge is -2.37. The maximum absolute atomic E-state index is 5.91. The number of rotatable bonds is 4. The second kappa shape index (κ2) is 5.91. The Kier molecular flexibility index (Phi) is 4.00. The van der Waals surface area contributed by atoms with Crippen molar-refractivity contribution >= 4 is 11.0 Å². The van der Waals surface area contributed by atoms with Crippen LogP contribution in [0.1, 0.15) is 18.7 Å². The minimum Gasteiger partial charge on any atom is -0.381 e. The Morgan fingerprint density at radius 3 is 3.05 bits per heavy atom. The molecule has 20 heavy (non-hydrogen) atoms. The molecule has 0 amide bonds. The lowest BCUT2D eigenvalue weighted by Crippen LogP contribution is -2.48. The molecule has 2 aromatic rings. The van der Waals surface area contributed by atoms with Crippen molar-refractivity contribution in [1.29, 1.82) is 0 Å². The number of fused-ring (bicyclic) bond motifs is 1. The molecule has 0 spiro atoms. The second-order valence-electron chi connectivity index (χ2n) is 5.44. The van der Waals surface area contributed by atoms with Crippen LogP contribution in [0.5, 0.6) is 0 Å². The minimum absolute atomic E-state index is 0.343. The molecule has 3 rings (SSSR count). The zero-order valence-corrected chi connectivity index (χ0v) is 11.9. The Morgan fingerprint density at radius 2 is 2.30 bits per heavy atom. The van der Waals surface area contributed by atoms with E-state index in [4.69, 9.17) is 10.5 Å². The van der Waals surface area contributed by atoms with Crippen molar-refractivity contribution in [3.8, 4) is 0 Å². The molecule has 2 unspecified atom stereocenters. The first-order valence-electron chi connectivity index (χ1n) is 7.20. The van der Waals surface area contributed by atoms with Gasteiger partial charge in [-0.25, -0.2) is 4.98 Å². The van der Waals surface area contributed by atoms with Crippen LogP contribution in [0.25, 0.3) is 11.0 Å². The number of aromatic amines is 1. The molecule has 108 valence electrons. The van der Waals surface area contributed by atoms with Crippen molar-refractivity contribution in [2.24, 2.45) is 5.73 Å². The fourth-order valence-corrected chi connectivity index (χ4v) is 3.00. The van der Waals surface area contributed by atoms with E-state index in [1.54, 1.807) is 7.11 Å². The summed E-state index contributed by atoms with van der Waals surface area (Å²) in [6, 6.07) is 8.51. The number of imidazole rings is 1. The number of nitrogens with one attached hydrogen (secondary N) is 1. The van der Waals surface area contributed by atoms with Crippen molar-refractivity contribution in [3.63, 3.8) is 0 Å². The monoisotopic (exact) mass is 274 g/mol. The fourth-order valence-electron chi connectivity index (χ4n) is 3.00. The molecule has 0 radical (unpaired) electrons. The summed E-state index contributed by atoms with van der Waals surface area (Å²) in [6.45, 7) is 2.50. The number of piperidine rings is 1. The third kappa shape index (κ3) is 2.70. The number of benzene rings is 1. The standard InChI is InChI=1S/C15H22N4O/c1-20-12-6-7-19(11(8-12)9-16)10-15-17-13-4-2-3-5-14(13)18-15/h2-5,11-12H,6-10,16H2,1H3,(H,17,18). The van der Waals surface area contributed by atoms with Gasteiger partial charge in [0.15, 0.2) is 0 Å². The number of hydrogen-bond acceptors (Lipinski definition) is 4. The van der Waals surface area contributed by atoms with Crippen molar-refractivity contribution in [2.45, 2.75) is 31.5 Å². The van der Waals surface area contributed by atoms with Gasteiger partial charge in [0.2, 0.25) is 0 Å². The summed E-state index contributed by atoms with van der Waals surface area (Å²) in [5.41, 5.74) is 8.03. The van der Waals surface area contributed by atoms with Gasteiger partial charge >= 0.3 is 0 Å². The fraction of sp³-hybridized carbons (Fsp3) is 0.533. The molecule has 0 bridgehead atoms. The van der Waals surface area contributed by atoms with E-state index >= 15 is 0 Å². The largest absolute Gasteiger partial charge is 0.381 e. The van der Waals surface area contributed by atoms with E-state index in [9.17, 15) is 0 Å². The van der Waals surface area contributed by atoms with Crippen LogP contribution in [-0.4, -0.2) is 47.2 Å². The van der Waals surface area contributed by atoms with Gasteiger partial charge in [-0.3, -0.25) is 4.90 Å². The van der Waals surface area contributed by atoms with Gasteiger partial charge in [-0.05, 0) is 25.0 Å². The molecular weight excluding hydrogens is 252 g/mol. The first kappa shape index (κ1) is 13.5. The van der Waals surface area contributed by atoms with Crippen LogP contribution in [0.3, 0.4) is 0 Å². The molecule has 1 saturated heterocycles. The highest BCUT2D eigenvalue weighted by atomic mass is 16.5. The van der Waals surface area contributed by atoms with Gasteiger partial charge in [0.1, 0.15) is 5.82 Å². The molecule has 5 heteroatoms. The van der Waals surface area contributed by atoms with Crippen molar-refractivity contribution in [2.75, 3.05) is 20.2 Å². The Bertz CT molecular complexity index is 535. The third-order valence-corrected chi connectivity index (χ3v) is 4.19. The van der Waals surface area contributed by atoms with Crippen LogP contribution in [-0.2, 0) is 11.3 Å². The van der Waals surface area contributed by atoms with Gasteiger partial charge in [0.25, 0.3) is 0 Å². The van der Waals surface area contributed by atoms with Crippen LogP contribution < -0.4 is 5.73 Å².